The SMILES string of the molecule is CN([C@@H]1O[C@@H](n2cnc3c(N[C@H](CO)c4ccccc4)ncnc32)[C@H](O)[C@@H]1O)S(=O)(=O)O. The number of ether oxygens (including phenoxy) is 1. The molecule has 1 fully saturated rings. The number of anilines is 1. The number of aliphatic hydroxyl groups excluding tert-OH is 3. The minimum absolute atomic E-state index is 0.212. The highest BCUT2D eigenvalue weighted by Gasteiger charge is 2.48. The molecule has 5 N–H and O–H groups in total. The van der Waals surface area contributed by atoms with Crippen molar-refractivity contribution in [1.29, 1.82) is 0 Å². The summed E-state index contributed by atoms with van der Waals surface area (Å²) in [6, 6.07) is 8.77. The Morgan fingerprint density at radius 2 is 1.91 bits per heavy atom. The molecular formula is C18H22N6O7S. The first-order valence-corrected chi connectivity index (χ1v) is 10.9. The number of likely N-dealkylation sites (N-methyl/N-ethyl adjacent to an activating group) is 1. The molecule has 14 heteroatoms. The molecule has 172 valence electrons. The van der Waals surface area contributed by atoms with Gasteiger partial charge in [-0.2, -0.15) is 12.7 Å². The Morgan fingerprint density at radius 3 is 2.56 bits per heavy atom. The van der Waals surface area contributed by atoms with Crippen molar-refractivity contribution in [3.8, 4) is 0 Å². The van der Waals surface area contributed by atoms with Crippen molar-refractivity contribution in [2.45, 2.75) is 30.7 Å². The van der Waals surface area contributed by atoms with Crippen LogP contribution in [0.25, 0.3) is 11.2 Å². The van der Waals surface area contributed by atoms with Gasteiger partial charge < -0.3 is 25.4 Å². The molecule has 0 saturated carbocycles. The average Bonchev–Trinajstić information content (AvgIpc) is 3.33. The molecule has 0 spiro atoms. The fraction of sp³-hybridized carbons (Fsp3) is 0.389. The quantitative estimate of drug-likeness (QED) is 0.277. The third kappa shape index (κ3) is 4.04. The van der Waals surface area contributed by atoms with Gasteiger partial charge in [0.2, 0.25) is 0 Å². The number of benzene rings is 1. The van der Waals surface area contributed by atoms with Crippen molar-refractivity contribution in [3.05, 3.63) is 48.5 Å². The topological polar surface area (TPSA) is 183 Å². The number of aliphatic hydroxyl groups is 3. The Balaban J connectivity index is 1.65. The molecule has 0 unspecified atom stereocenters. The zero-order chi connectivity index (χ0) is 23.0. The molecule has 0 aliphatic carbocycles. The number of imidazole rings is 1. The lowest BCUT2D eigenvalue weighted by Gasteiger charge is -2.22. The van der Waals surface area contributed by atoms with Crippen LogP contribution in [0.2, 0.25) is 0 Å². The van der Waals surface area contributed by atoms with E-state index in [4.69, 9.17) is 4.74 Å². The Kier molecular flexibility index (Phi) is 6.09. The molecule has 3 heterocycles. The summed E-state index contributed by atoms with van der Waals surface area (Å²) in [6.45, 7) is -0.212. The van der Waals surface area contributed by atoms with Gasteiger partial charge in [0, 0.05) is 7.05 Å². The van der Waals surface area contributed by atoms with Crippen LogP contribution in [-0.2, 0) is 15.0 Å². The van der Waals surface area contributed by atoms with E-state index in [9.17, 15) is 28.3 Å². The first kappa shape index (κ1) is 22.5. The number of hydrogen-bond donors (Lipinski definition) is 5. The molecule has 4 rings (SSSR count). The Bertz CT molecular complexity index is 1190. The molecule has 1 aliphatic rings. The number of fused-ring (bicyclic) bond motifs is 1. The van der Waals surface area contributed by atoms with Gasteiger partial charge in [0.1, 0.15) is 18.5 Å². The highest BCUT2D eigenvalue weighted by atomic mass is 32.2. The standard InChI is InChI=1S/C18H22N6O7S/c1-23(32(28,29)30)17-13(26)14(27)18(31-17)24-9-21-12-15(19-8-20-16(12)24)22-11(7-25)10-5-3-2-4-6-10/h2-6,8-9,11,13-14,17-18,25-27H,7H2,1H3,(H,19,20,22)(H,28,29,30)/t11-,13+,14-,17-,18-/m1/s1. The van der Waals surface area contributed by atoms with E-state index in [0.717, 1.165) is 12.6 Å². The number of nitrogens with one attached hydrogen (secondary N) is 1. The molecule has 1 aliphatic heterocycles. The van der Waals surface area contributed by atoms with Crippen LogP contribution in [0.3, 0.4) is 0 Å². The number of rotatable bonds is 7. The summed E-state index contributed by atoms with van der Waals surface area (Å²) < 4.78 is 39.3. The molecule has 32 heavy (non-hydrogen) atoms. The van der Waals surface area contributed by atoms with Gasteiger partial charge in [0.25, 0.3) is 0 Å². The molecule has 0 radical (unpaired) electrons. The largest absolute Gasteiger partial charge is 0.394 e. The van der Waals surface area contributed by atoms with E-state index in [1.54, 1.807) is 0 Å². The van der Waals surface area contributed by atoms with Gasteiger partial charge in [-0.3, -0.25) is 9.12 Å². The van der Waals surface area contributed by atoms with E-state index in [1.165, 1.54) is 17.2 Å². The second kappa shape index (κ2) is 8.67. The summed E-state index contributed by atoms with van der Waals surface area (Å²) >= 11 is 0. The van der Waals surface area contributed by atoms with E-state index >= 15 is 0 Å². The maximum absolute atomic E-state index is 11.4. The minimum atomic E-state index is -4.67. The van der Waals surface area contributed by atoms with E-state index in [2.05, 4.69) is 20.3 Å². The maximum atomic E-state index is 11.4. The van der Waals surface area contributed by atoms with Gasteiger partial charge in [-0.05, 0) is 5.56 Å². The first-order valence-electron chi connectivity index (χ1n) is 9.54. The summed E-state index contributed by atoms with van der Waals surface area (Å²) in [5.74, 6) is 0.316. The Morgan fingerprint density at radius 1 is 1.19 bits per heavy atom. The molecule has 1 saturated heterocycles. The lowest BCUT2D eigenvalue weighted by Crippen LogP contribution is -2.44. The summed E-state index contributed by atoms with van der Waals surface area (Å²) in [6.07, 6.45) is -3.39. The van der Waals surface area contributed by atoms with Crippen LogP contribution < -0.4 is 5.32 Å². The molecule has 1 aromatic carbocycles. The van der Waals surface area contributed by atoms with Crippen molar-refractivity contribution in [3.63, 3.8) is 0 Å². The molecular weight excluding hydrogens is 444 g/mol. The van der Waals surface area contributed by atoms with Gasteiger partial charge in [-0.15, -0.1) is 0 Å². The highest BCUT2D eigenvalue weighted by molar-refractivity contribution is 7.83. The van der Waals surface area contributed by atoms with Gasteiger partial charge in [-0.1, -0.05) is 30.3 Å². The van der Waals surface area contributed by atoms with Crippen molar-refractivity contribution in [1.82, 2.24) is 23.8 Å². The molecule has 5 atom stereocenters. The molecule has 3 aromatic rings. The number of hydrogen-bond acceptors (Lipinski definition) is 10. The van der Waals surface area contributed by atoms with Crippen molar-refractivity contribution >= 4 is 27.3 Å². The van der Waals surface area contributed by atoms with E-state index < -0.39 is 41.0 Å². The van der Waals surface area contributed by atoms with Crippen LogP contribution in [0.1, 0.15) is 17.8 Å². The first-order chi connectivity index (χ1) is 15.2. The molecule has 13 nitrogen and oxygen atoms in total. The second-order valence-electron chi connectivity index (χ2n) is 7.23. The maximum Gasteiger partial charge on any atom is 0.337 e. The lowest BCUT2D eigenvalue weighted by molar-refractivity contribution is -0.0723. The average molecular weight is 466 g/mol. The van der Waals surface area contributed by atoms with Crippen LogP contribution in [-0.4, -0.2) is 84.2 Å². The molecule has 0 bridgehead atoms. The number of nitrogens with zero attached hydrogens (tertiary/aromatic N) is 5. The van der Waals surface area contributed by atoms with Gasteiger partial charge >= 0.3 is 10.3 Å². The zero-order valence-corrected chi connectivity index (χ0v) is 17.6. The van der Waals surface area contributed by atoms with Crippen LogP contribution in [0.15, 0.2) is 43.0 Å². The molecule has 0 amide bonds. The van der Waals surface area contributed by atoms with Crippen molar-refractivity contribution < 1.29 is 33.0 Å². The highest BCUT2D eigenvalue weighted by Crippen LogP contribution is 2.34. The lowest BCUT2D eigenvalue weighted by atomic mass is 10.1. The predicted octanol–water partition coefficient (Wildman–Crippen LogP) is -0.717. The predicted molar refractivity (Wildman–Crippen MR) is 110 cm³/mol. The fourth-order valence-corrected chi connectivity index (χ4v) is 3.97. The van der Waals surface area contributed by atoms with Gasteiger partial charge in [-0.25, -0.2) is 15.0 Å². The Hall–Kier alpha value is -2.72. The van der Waals surface area contributed by atoms with Gasteiger partial charge in [0.15, 0.2) is 29.4 Å². The Labute approximate surface area is 182 Å². The zero-order valence-electron chi connectivity index (χ0n) is 16.8. The fourth-order valence-electron chi connectivity index (χ4n) is 3.53. The molecule has 2 aromatic heterocycles. The van der Waals surface area contributed by atoms with Crippen LogP contribution in [0.4, 0.5) is 5.82 Å². The third-order valence-electron chi connectivity index (χ3n) is 5.26. The summed E-state index contributed by atoms with van der Waals surface area (Å²) in [4.78, 5) is 12.6. The summed E-state index contributed by atoms with van der Waals surface area (Å²) in [5.41, 5.74) is 1.37. The smallest absolute Gasteiger partial charge is 0.337 e. The summed E-state index contributed by atoms with van der Waals surface area (Å²) in [5, 5.41) is 33.6. The van der Waals surface area contributed by atoms with Crippen LogP contribution in [0.5, 0.6) is 0 Å². The van der Waals surface area contributed by atoms with Crippen LogP contribution >= 0.6 is 0 Å². The minimum Gasteiger partial charge on any atom is -0.394 e. The van der Waals surface area contributed by atoms with E-state index in [0.29, 0.717) is 15.6 Å². The van der Waals surface area contributed by atoms with E-state index in [1.807, 2.05) is 30.3 Å². The normalized spacial score (nSPS) is 24.8. The van der Waals surface area contributed by atoms with Crippen LogP contribution in [0, 0.1) is 0 Å². The summed E-state index contributed by atoms with van der Waals surface area (Å²) in [7, 11) is -3.67. The second-order valence-corrected chi connectivity index (χ2v) is 8.70. The van der Waals surface area contributed by atoms with Crippen molar-refractivity contribution in [2.24, 2.45) is 0 Å². The number of aromatic nitrogens is 4. The van der Waals surface area contributed by atoms with Gasteiger partial charge in [0.05, 0.1) is 19.0 Å². The third-order valence-corrected chi connectivity index (χ3v) is 6.20. The van der Waals surface area contributed by atoms with E-state index in [-0.39, 0.29) is 12.3 Å². The monoisotopic (exact) mass is 466 g/mol. The van der Waals surface area contributed by atoms with Crippen molar-refractivity contribution in [2.75, 3.05) is 19.0 Å².